The molecule has 0 unspecified atom stereocenters. The van der Waals surface area contributed by atoms with E-state index in [1.807, 2.05) is 19.4 Å². The Morgan fingerprint density at radius 1 is 1.33 bits per heavy atom. The molecule has 2 aliphatic rings. The number of rotatable bonds is 5. The minimum Gasteiger partial charge on any atom is -0.393 e. The van der Waals surface area contributed by atoms with E-state index in [1.165, 1.54) is 0 Å². The van der Waals surface area contributed by atoms with Gasteiger partial charge in [0.25, 0.3) is 0 Å². The molecular weight excluding hydrogens is 304 g/mol. The van der Waals surface area contributed by atoms with Gasteiger partial charge in [-0.1, -0.05) is 0 Å². The van der Waals surface area contributed by atoms with Gasteiger partial charge in [0.05, 0.1) is 18.3 Å². The van der Waals surface area contributed by atoms with Crippen LogP contribution in [-0.2, 0) is 11.8 Å². The van der Waals surface area contributed by atoms with Gasteiger partial charge in [0.1, 0.15) is 0 Å². The fourth-order valence-electron chi connectivity index (χ4n) is 3.93. The van der Waals surface area contributed by atoms with Crippen molar-refractivity contribution in [1.29, 1.82) is 0 Å². The van der Waals surface area contributed by atoms with Gasteiger partial charge < -0.3 is 15.3 Å². The Morgan fingerprint density at radius 2 is 2.00 bits per heavy atom. The number of carbonyl (C=O) groups is 1. The van der Waals surface area contributed by atoms with E-state index in [2.05, 4.69) is 29.2 Å². The third kappa shape index (κ3) is 3.81. The Morgan fingerprint density at radius 3 is 2.50 bits per heavy atom. The standard InChI is InChI=1S/C18H30N4O2/c1-12(2)22-6-4-13(5-7-22)18(24)20-17(14-8-16(23)9-14)15-10-19-21(3)11-15/h10-14,16-17,23H,4-9H2,1-3H3,(H,20,24)/t14?,16?,17-/m0/s1. The maximum Gasteiger partial charge on any atom is 0.223 e. The summed E-state index contributed by atoms with van der Waals surface area (Å²) in [5.41, 5.74) is 1.04. The summed E-state index contributed by atoms with van der Waals surface area (Å²) in [6, 6.07) is 0.520. The minimum atomic E-state index is -0.222. The number of hydrogen-bond donors (Lipinski definition) is 2. The summed E-state index contributed by atoms with van der Waals surface area (Å²) >= 11 is 0. The fraction of sp³-hybridized carbons (Fsp3) is 0.778. The molecule has 0 spiro atoms. The molecule has 1 saturated heterocycles. The zero-order valence-electron chi connectivity index (χ0n) is 15.0. The van der Waals surface area contributed by atoms with Gasteiger partial charge in [0.15, 0.2) is 0 Å². The van der Waals surface area contributed by atoms with E-state index in [4.69, 9.17) is 0 Å². The van der Waals surface area contributed by atoms with E-state index in [1.54, 1.807) is 4.68 Å². The van der Waals surface area contributed by atoms with Crippen LogP contribution in [0, 0.1) is 11.8 Å². The molecule has 2 heterocycles. The van der Waals surface area contributed by atoms with Crippen molar-refractivity contribution in [3.8, 4) is 0 Å². The molecule has 0 bridgehead atoms. The summed E-state index contributed by atoms with van der Waals surface area (Å²) in [7, 11) is 1.89. The fourth-order valence-corrected chi connectivity index (χ4v) is 3.93. The largest absolute Gasteiger partial charge is 0.393 e. The molecule has 2 N–H and O–H groups in total. The van der Waals surface area contributed by atoms with Crippen molar-refractivity contribution < 1.29 is 9.90 Å². The van der Waals surface area contributed by atoms with Crippen LogP contribution in [-0.4, -0.2) is 50.9 Å². The predicted octanol–water partition coefficient (Wildman–Crippen LogP) is 1.47. The number of carbonyl (C=O) groups excluding carboxylic acids is 1. The first-order valence-corrected chi connectivity index (χ1v) is 9.15. The summed E-state index contributed by atoms with van der Waals surface area (Å²) in [6.45, 7) is 6.41. The Hall–Kier alpha value is -1.40. The van der Waals surface area contributed by atoms with Crippen LogP contribution in [0.4, 0.5) is 0 Å². The second-order valence-corrected chi connectivity index (χ2v) is 7.72. The van der Waals surface area contributed by atoms with E-state index < -0.39 is 0 Å². The van der Waals surface area contributed by atoms with Gasteiger partial charge in [0.2, 0.25) is 5.91 Å². The van der Waals surface area contributed by atoms with E-state index in [0.29, 0.717) is 12.0 Å². The van der Waals surface area contributed by atoms with Crippen molar-refractivity contribution in [2.24, 2.45) is 18.9 Å². The smallest absolute Gasteiger partial charge is 0.223 e. The second kappa shape index (κ2) is 7.23. The lowest BCUT2D eigenvalue weighted by Crippen LogP contribution is -2.46. The van der Waals surface area contributed by atoms with Crippen LogP contribution in [0.2, 0.25) is 0 Å². The van der Waals surface area contributed by atoms with Gasteiger partial charge in [-0.3, -0.25) is 9.48 Å². The Balaban J connectivity index is 1.61. The first kappa shape index (κ1) is 17.4. The molecule has 1 aliphatic heterocycles. The highest BCUT2D eigenvalue weighted by molar-refractivity contribution is 5.79. The highest BCUT2D eigenvalue weighted by atomic mass is 16.3. The van der Waals surface area contributed by atoms with E-state index in [0.717, 1.165) is 44.3 Å². The third-order valence-electron chi connectivity index (χ3n) is 5.63. The molecule has 24 heavy (non-hydrogen) atoms. The predicted molar refractivity (Wildman–Crippen MR) is 92.3 cm³/mol. The Labute approximate surface area is 144 Å². The highest BCUT2D eigenvalue weighted by Gasteiger charge is 2.37. The van der Waals surface area contributed by atoms with Crippen molar-refractivity contribution in [2.75, 3.05) is 13.1 Å². The van der Waals surface area contributed by atoms with Gasteiger partial charge in [-0.2, -0.15) is 5.10 Å². The van der Waals surface area contributed by atoms with Gasteiger partial charge in [-0.05, 0) is 58.5 Å². The lowest BCUT2D eigenvalue weighted by atomic mass is 9.75. The lowest BCUT2D eigenvalue weighted by Gasteiger charge is -2.39. The number of aryl methyl sites for hydroxylation is 1. The number of amides is 1. The van der Waals surface area contributed by atoms with Crippen LogP contribution in [0.5, 0.6) is 0 Å². The molecule has 1 aliphatic carbocycles. The van der Waals surface area contributed by atoms with Crippen LogP contribution < -0.4 is 5.32 Å². The quantitative estimate of drug-likeness (QED) is 0.855. The third-order valence-corrected chi connectivity index (χ3v) is 5.63. The number of aliphatic hydroxyl groups is 1. The first-order valence-electron chi connectivity index (χ1n) is 9.15. The summed E-state index contributed by atoms with van der Waals surface area (Å²) in [5, 5.41) is 17.1. The zero-order valence-corrected chi connectivity index (χ0v) is 15.0. The number of hydrogen-bond acceptors (Lipinski definition) is 4. The molecule has 6 nitrogen and oxygen atoms in total. The van der Waals surface area contributed by atoms with Crippen molar-refractivity contribution >= 4 is 5.91 Å². The number of piperidine rings is 1. The van der Waals surface area contributed by atoms with Crippen LogP contribution >= 0.6 is 0 Å². The number of likely N-dealkylation sites (tertiary alicyclic amines) is 1. The Kier molecular flexibility index (Phi) is 5.25. The van der Waals surface area contributed by atoms with Crippen LogP contribution in [0.15, 0.2) is 12.4 Å². The minimum absolute atomic E-state index is 0.0299. The molecular formula is C18H30N4O2. The van der Waals surface area contributed by atoms with Crippen molar-refractivity contribution in [2.45, 2.75) is 57.7 Å². The lowest BCUT2D eigenvalue weighted by molar-refractivity contribution is -0.128. The molecule has 1 aromatic rings. The zero-order chi connectivity index (χ0) is 17.3. The summed E-state index contributed by atoms with van der Waals surface area (Å²) in [6.07, 6.45) is 6.94. The average molecular weight is 334 g/mol. The molecule has 3 rings (SSSR count). The maximum absolute atomic E-state index is 12.8. The van der Waals surface area contributed by atoms with Gasteiger partial charge in [-0.15, -0.1) is 0 Å². The number of nitrogens with one attached hydrogen (secondary N) is 1. The number of aliphatic hydroxyl groups excluding tert-OH is 1. The molecule has 1 aromatic heterocycles. The van der Waals surface area contributed by atoms with Crippen molar-refractivity contribution in [3.05, 3.63) is 18.0 Å². The van der Waals surface area contributed by atoms with Gasteiger partial charge >= 0.3 is 0 Å². The molecule has 1 amide bonds. The van der Waals surface area contributed by atoms with E-state index in [9.17, 15) is 9.90 Å². The van der Waals surface area contributed by atoms with Gasteiger partial charge in [0, 0.05) is 30.8 Å². The summed E-state index contributed by atoms with van der Waals surface area (Å²) < 4.78 is 1.77. The number of aromatic nitrogens is 2. The maximum atomic E-state index is 12.8. The molecule has 1 saturated carbocycles. The van der Waals surface area contributed by atoms with Crippen LogP contribution in [0.1, 0.15) is 51.1 Å². The van der Waals surface area contributed by atoms with E-state index >= 15 is 0 Å². The van der Waals surface area contributed by atoms with Crippen molar-refractivity contribution in [1.82, 2.24) is 20.0 Å². The molecule has 0 radical (unpaired) electrons. The average Bonchev–Trinajstić information content (AvgIpc) is 2.96. The first-order chi connectivity index (χ1) is 11.4. The van der Waals surface area contributed by atoms with Crippen LogP contribution in [0.3, 0.4) is 0 Å². The Bertz CT molecular complexity index is 557. The number of nitrogens with zero attached hydrogens (tertiary/aromatic N) is 3. The SMILES string of the molecule is CC(C)N1CCC(C(=O)N[C@H](c2cnn(C)c2)C2CC(O)C2)CC1. The van der Waals surface area contributed by atoms with Crippen LogP contribution in [0.25, 0.3) is 0 Å². The monoisotopic (exact) mass is 334 g/mol. The van der Waals surface area contributed by atoms with Crippen molar-refractivity contribution in [3.63, 3.8) is 0 Å². The topological polar surface area (TPSA) is 70.4 Å². The normalized spacial score (nSPS) is 27.0. The van der Waals surface area contributed by atoms with Gasteiger partial charge in [-0.25, -0.2) is 0 Å². The summed E-state index contributed by atoms with van der Waals surface area (Å²) in [5.74, 6) is 0.571. The van der Waals surface area contributed by atoms with E-state index in [-0.39, 0.29) is 24.0 Å². The molecule has 6 heteroatoms. The second-order valence-electron chi connectivity index (χ2n) is 7.72. The highest BCUT2D eigenvalue weighted by Crippen LogP contribution is 2.38. The molecule has 134 valence electrons. The summed E-state index contributed by atoms with van der Waals surface area (Å²) in [4.78, 5) is 15.2. The molecule has 1 atom stereocenters. The molecule has 0 aromatic carbocycles. The molecule has 2 fully saturated rings.